The second kappa shape index (κ2) is 12.4. The fraction of sp³-hybridized carbons (Fsp3) is 0.0909. The van der Waals surface area contributed by atoms with Gasteiger partial charge in [0.15, 0.2) is 0 Å². The van der Waals surface area contributed by atoms with Gasteiger partial charge in [-0.15, -0.1) is 17.8 Å². The standard InChI is InChI=1S/C11H12N2O.3Y/c1-8-5-3-4-6-11(8)13-7-10(12)9(2)14;;;/h3-7,12H,1H2,2H3,(H,13,14);;;/q-2;;;+3/p-1. The maximum Gasteiger partial charge on any atom is 3.00 e. The number of rotatable bonds is 3. The molecule has 0 amide bonds. The van der Waals surface area contributed by atoms with Crippen molar-refractivity contribution in [1.82, 2.24) is 0 Å². The van der Waals surface area contributed by atoms with E-state index >= 15 is 0 Å². The maximum atomic E-state index is 10.7. The van der Waals surface area contributed by atoms with Crippen molar-refractivity contribution in [2.24, 2.45) is 0 Å². The van der Waals surface area contributed by atoms with Crippen LogP contribution in [0.2, 0.25) is 0 Å². The number of ketones is 1. The van der Waals surface area contributed by atoms with Gasteiger partial charge in [-0.25, -0.2) is 12.5 Å². The van der Waals surface area contributed by atoms with Crippen LogP contribution in [0.3, 0.4) is 0 Å². The van der Waals surface area contributed by atoms with Gasteiger partial charge in [0.1, 0.15) is 5.78 Å². The number of nitrogens with zero attached hydrogens (tertiary/aromatic N) is 1. The second-order valence-corrected chi connectivity index (χ2v) is 2.86. The Bertz CT molecular complexity index is 381. The molecule has 0 atom stereocenters. The molecule has 0 bridgehead atoms. The minimum atomic E-state index is -0.296. The molecule has 0 aliphatic rings. The molecular weight excluding hydrogens is 443 g/mol. The van der Waals surface area contributed by atoms with Gasteiger partial charge in [-0.3, -0.25) is 10.5 Å². The predicted octanol–water partition coefficient (Wildman–Crippen LogP) is 3.35. The fourth-order valence-corrected chi connectivity index (χ4v) is 0.862. The van der Waals surface area contributed by atoms with Gasteiger partial charge in [0.2, 0.25) is 0 Å². The molecule has 0 saturated carbocycles. The SMILES string of the molecule is [CH2-]c1ccccc1[N-]C=C([NH-])C(C)=O.[Y+3].[Y].[Y]. The Labute approximate surface area is 178 Å². The Balaban J connectivity index is -0.000000653. The Hall–Kier alpha value is 1.41. The number of carbonyl (C=O) groups excluding carboxylic acids is 1. The molecule has 2 radical (unpaired) electrons. The van der Waals surface area contributed by atoms with Gasteiger partial charge >= 0.3 is 32.7 Å². The predicted molar refractivity (Wildman–Crippen MR) is 57.0 cm³/mol. The molecule has 0 fully saturated rings. The molecule has 0 aliphatic carbocycles. The molecule has 1 aromatic rings. The Morgan fingerprint density at radius 2 is 1.88 bits per heavy atom. The number of benzene rings is 1. The first-order valence-electron chi connectivity index (χ1n) is 4.16. The number of para-hydroxylation sites is 1. The van der Waals surface area contributed by atoms with Gasteiger partial charge < -0.3 is 11.1 Å². The summed E-state index contributed by atoms with van der Waals surface area (Å²) in [6, 6.07) is 7.30. The number of carbonyl (C=O) groups is 1. The molecule has 17 heavy (non-hydrogen) atoms. The summed E-state index contributed by atoms with van der Waals surface area (Å²) in [5.41, 5.74) is 8.60. The van der Waals surface area contributed by atoms with Crippen molar-refractivity contribution in [1.29, 1.82) is 0 Å². The van der Waals surface area contributed by atoms with Gasteiger partial charge in [-0.2, -0.15) is 12.3 Å². The Morgan fingerprint density at radius 3 is 2.35 bits per heavy atom. The third-order valence-corrected chi connectivity index (χ3v) is 1.70. The van der Waals surface area contributed by atoms with Gasteiger partial charge in [-0.1, -0.05) is 6.07 Å². The summed E-state index contributed by atoms with van der Waals surface area (Å²) < 4.78 is 0. The Morgan fingerprint density at radius 1 is 1.35 bits per heavy atom. The summed E-state index contributed by atoms with van der Waals surface area (Å²) in [5, 5.41) is 3.99. The third-order valence-electron chi connectivity index (χ3n) is 1.70. The zero-order valence-corrected chi connectivity index (χ0v) is 18.2. The maximum absolute atomic E-state index is 10.7. The topological polar surface area (TPSA) is 55.0 Å². The van der Waals surface area contributed by atoms with Crippen LogP contribution in [0.1, 0.15) is 12.5 Å². The summed E-state index contributed by atoms with van der Waals surface area (Å²) in [6.45, 7) is 5.11. The minimum Gasteiger partial charge on any atom is -0.723 e. The number of Topliss-reactive ketones (excluding diaryl/α,β-unsaturated/α-hetero) is 1. The average molecular weight is 454 g/mol. The van der Waals surface area contributed by atoms with Gasteiger partial charge in [-0.05, 0) is 6.92 Å². The quantitative estimate of drug-likeness (QED) is 0.511. The van der Waals surface area contributed by atoms with E-state index in [1.807, 2.05) is 18.2 Å². The van der Waals surface area contributed by atoms with E-state index in [1.165, 1.54) is 13.1 Å². The zero-order valence-electron chi connectivity index (χ0n) is 9.68. The van der Waals surface area contributed by atoms with Crippen molar-refractivity contribution in [2.45, 2.75) is 6.92 Å². The van der Waals surface area contributed by atoms with Gasteiger partial charge in [0.05, 0.1) is 0 Å². The van der Waals surface area contributed by atoms with E-state index in [-0.39, 0.29) is 110 Å². The van der Waals surface area contributed by atoms with Crippen LogP contribution in [0.15, 0.2) is 36.2 Å². The molecule has 3 nitrogen and oxygen atoms in total. The van der Waals surface area contributed by atoms with Gasteiger partial charge in [0.25, 0.3) is 0 Å². The smallest absolute Gasteiger partial charge is 0.723 e. The van der Waals surface area contributed by atoms with E-state index in [1.54, 1.807) is 6.07 Å². The summed E-state index contributed by atoms with van der Waals surface area (Å²) in [5.74, 6) is -0.296. The summed E-state index contributed by atoms with van der Waals surface area (Å²) in [6.07, 6.45) is 1.24. The minimum absolute atomic E-state index is 0. The van der Waals surface area contributed by atoms with Crippen LogP contribution in [-0.4, -0.2) is 5.78 Å². The zero-order chi connectivity index (χ0) is 10.6. The van der Waals surface area contributed by atoms with Crippen molar-refractivity contribution in [3.63, 3.8) is 0 Å². The van der Waals surface area contributed by atoms with E-state index in [9.17, 15) is 4.79 Å². The number of hydrogen-bond acceptors (Lipinski definition) is 1. The number of hydrogen-bond donors (Lipinski definition) is 0. The van der Waals surface area contributed by atoms with Crippen LogP contribution in [0.25, 0.3) is 11.1 Å². The monoisotopic (exact) mass is 454 g/mol. The first-order valence-corrected chi connectivity index (χ1v) is 4.16. The van der Waals surface area contributed by atoms with Crippen molar-refractivity contribution in [3.05, 3.63) is 59.7 Å². The number of nitrogens with one attached hydrogen (secondary N) is 1. The van der Waals surface area contributed by atoms with Crippen molar-refractivity contribution < 1.29 is 103 Å². The van der Waals surface area contributed by atoms with Crippen LogP contribution in [-0.2, 0) is 103 Å². The normalized spacial score (nSPS) is 9.12. The van der Waals surface area contributed by atoms with Crippen molar-refractivity contribution >= 4 is 11.5 Å². The molecule has 0 aromatic heterocycles. The molecule has 80 valence electrons. The van der Waals surface area contributed by atoms with Crippen LogP contribution in [0.5, 0.6) is 0 Å². The summed E-state index contributed by atoms with van der Waals surface area (Å²) in [4.78, 5) is 10.7. The first kappa shape index (κ1) is 23.5. The van der Waals surface area contributed by atoms with Crippen LogP contribution in [0, 0.1) is 6.92 Å². The average Bonchev–Trinajstić information content (AvgIpc) is 2.16. The van der Waals surface area contributed by atoms with E-state index in [2.05, 4.69) is 12.2 Å². The molecule has 0 spiro atoms. The van der Waals surface area contributed by atoms with Crippen LogP contribution >= 0.6 is 0 Å². The fourth-order valence-electron chi connectivity index (χ4n) is 0.862. The molecule has 0 saturated heterocycles. The summed E-state index contributed by atoms with van der Waals surface area (Å²) >= 11 is 0. The van der Waals surface area contributed by atoms with E-state index in [0.29, 0.717) is 5.69 Å². The van der Waals surface area contributed by atoms with Crippen LogP contribution in [0.4, 0.5) is 5.69 Å². The summed E-state index contributed by atoms with van der Waals surface area (Å²) in [7, 11) is 0. The molecule has 1 rings (SSSR count). The molecule has 6 heteroatoms. The van der Waals surface area contributed by atoms with E-state index in [0.717, 1.165) is 5.56 Å². The molecule has 0 unspecified atom stereocenters. The molecule has 1 N–H and O–H groups in total. The van der Waals surface area contributed by atoms with Crippen LogP contribution < -0.4 is 0 Å². The van der Waals surface area contributed by atoms with Crippen molar-refractivity contribution in [3.8, 4) is 0 Å². The Kier molecular flexibility index (Phi) is 17.2. The van der Waals surface area contributed by atoms with Gasteiger partial charge in [0, 0.05) is 65.4 Å². The second-order valence-electron chi connectivity index (χ2n) is 2.86. The molecule has 1 aromatic carbocycles. The van der Waals surface area contributed by atoms with Crippen molar-refractivity contribution in [2.75, 3.05) is 0 Å². The molecule has 0 heterocycles. The third kappa shape index (κ3) is 9.02. The molecular formula is C11H11N2OY3. The molecule has 0 aliphatic heterocycles. The van der Waals surface area contributed by atoms with E-state index in [4.69, 9.17) is 5.73 Å². The largest absolute Gasteiger partial charge is 3.00 e. The van der Waals surface area contributed by atoms with E-state index < -0.39 is 0 Å². The number of allylic oxidation sites excluding steroid dienone is 1. The first-order chi connectivity index (χ1) is 6.61.